The number of aromatic nitrogens is 2. The zero-order valence-corrected chi connectivity index (χ0v) is 13.7. The van der Waals surface area contributed by atoms with Crippen LogP contribution in [0.15, 0.2) is 36.7 Å². The van der Waals surface area contributed by atoms with Gasteiger partial charge in [0.05, 0.1) is 19.2 Å². The summed E-state index contributed by atoms with van der Waals surface area (Å²) >= 11 is 5.86. The van der Waals surface area contributed by atoms with E-state index in [0.717, 1.165) is 5.56 Å². The predicted molar refractivity (Wildman–Crippen MR) is 85.9 cm³/mol. The Bertz CT molecular complexity index is 682. The van der Waals surface area contributed by atoms with Crippen LogP contribution in [0, 0.1) is 0 Å². The molecule has 0 aliphatic heterocycles. The first kappa shape index (κ1) is 17.0. The third kappa shape index (κ3) is 4.82. The molecule has 0 saturated carbocycles. The number of nitrogens with zero attached hydrogens (tertiary/aromatic N) is 2. The van der Waals surface area contributed by atoms with Crippen molar-refractivity contribution in [1.82, 2.24) is 15.1 Å². The largest absolute Gasteiger partial charge is 0.464 e. The first-order valence-corrected chi connectivity index (χ1v) is 7.56. The van der Waals surface area contributed by atoms with Crippen molar-refractivity contribution in [3.8, 4) is 0 Å². The highest BCUT2D eigenvalue weighted by Gasteiger charge is 2.24. The van der Waals surface area contributed by atoms with Crippen molar-refractivity contribution in [2.75, 3.05) is 6.61 Å². The van der Waals surface area contributed by atoms with Crippen molar-refractivity contribution in [2.24, 2.45) is 7.05 Å². The number of benzene rings is 1. The lowest BCUT2D eigenvalue weighted by Gasteiger charge is -2.17. The molecule has 122 valence electrons. The molecule has 0 aliphatic rings. The van der Waals surface area contributed by atoms with Crippen molar-refractivity contribution in [1.29, 1.82) is 0 Å². The van der Waals surface area contributed by atoms with Gasteiger partial charge in [0, 0.05) is 18.3 Å². The minimum atomic E-state index is -0.864. The van der Waals surface area contributed by atoms with E-state index in [9.17, 15) is 9.59 Å². The van der Waals surface area contributed by atoms with E-state index >= 15 is 0 Å². The van der Waals surface area contributed by atoms with Gasteiger partial charge < -0.3 is 10.1 Å². The van der Waals surface area contributed by atoms with Gasteiger partial charge in [0.15, 0.2) is 6.04 Å². The average Bonchev–Trinajstić information content (AvgIpc) is 2.91. The minimum absolute atomic E-state index is 0.136. The van der Waals surface area contributed by atoms with E-state index < -0.39 is 12.0 Å². The molecule has 7 heteroatoms. The fourth-order valence-corrected chi connectivity index (χ4v) is 2.25. The van der Waals surface area contributed by atoms with Crippen molar-refractivity contribution < 1.29 is 14.3 Å². The van der Waals surface area contributed by atoms with Crippen LogP contribution in [0.1, 0.15) is 24.1 Å². The van der Waals surface area contributed by atoms with E-state index in [-0.39, 0.29) is 18.9 Å². The number of aryl methyl sites for hydroxylation is 1. The maximum absolute atomic E-state index is 12.2. The molecule has 2 aromatic rings. The molecule has 0 aliphatic carbocycles. The van der Waals surface area contributed by atoms with Crippen LogP contribution in [0.2, 0.25) is 5.02 Å². The Kier molecular flexibility index (Phi) is 5.76. The molecule has 0 saturated heterocycles. The molecule has 1 N–H and O–H groups in total. The van der Waals surface area contributed by atoms with Crippen LogP contribution in [-0.2, 0) is 27.8 Å². The molecule has 1 heterocycles. The summed E-state index contributed by atoms with van der Waals surface area (Å²) < 4.78 is 6.66. The average molecular weight is 336 g/mol. The van der Waals surface area contributed by atoms with E-state index in [1.54, 1.807) is 55.3 Å². The molecule has 23 heavy (non-hydrogen) atoms. The van der Waals surface area contributed by atoms with Gasteiger partial charge >= 0.3 is 5.97 Å². The number of amides is 1. The summed E-state index contributed by atoms with van der Waals surface area (Å²) in [6.07, 6.45) is 3.50. The lowest BCUT2D eigenvalue weighted by atomic mass is 10.1. The quantitative estimate of drug-likeness (QED) is 0.820. The normalized spacial score (nSPS) is 11.8. The fourth-order valence-electron chi connectivity index (χ4n) is 2.12. The first-order valence-electron chi connectivity index (χ1n) is 7.18. The highest BCUT2D eigenvalue weighted by Crippen LogP contribution is 2.18. The predicted octanol–water partition coefficient (Wildman–Crippen LogP) is 2.04. The summed E-state index contributed by atoms with van der Waals surface area (Å²) in [5, 5.41) is 7.27. The van der Waals surface area contributed by atoms with Gasteiger partial charge in [-0.15, -0.1) is 0 Å². The molecule has 6 nitrogen and oxygen atoms in total. The minimum Gasteiger partial charge on any atom is -0.464 e. The van der Waals surface area contributed by atoms with Crippen LogP contribution in [0.25, 0.3) is 0 Å². The molecule has 1 aromatic heterocycles. The van der Waals surface area contributed by atoms with Crippen molar-refractivity contribution >= 4 is 23.5 Å². The van der Waals surface area contributed by atoms with Crippen molar-refractivity contribution in [2.45, 2.75) is 19.4 Å². The second-order valence-corrected chi connectivity index (χ2v) is 5.44. The van der Waals surface area contributed by atoms with Gasteiger partial charge in [-0.1, -0.05) is 23.7 Å². The number of ether oxygens (including phenoxy) is 1. The molecule has 0 bridgehead atoms. The van der Waals surface area contributed by atoms with Crippen LogP contribution in [0.3, 0.4) is 0 Å². The smallest absolute Gasteiger partial charge is 0.333 e. The molecule has 1 aromatic carbocycles. The standard InChI is InChI=1S/C16H18ClN3O3/c1-3-23-16(22)15(12-4-6-13(17)7-5-12)19-14(21)8-11-9-18-20(2)10-11/h4-7,9-10,15H,3,8H2,1-2H3,(H,19,21)/t15-/m1/s1. The SMILES string of the molecule is CCOC(=O)[C@H](NC(=O)Cc1cnn(C)c1)c1ccc(Cl)cc1. The third-order valence-corrected chi connectivity index (χ3v) is 3.41. The summed E-state index contributed by atoms with van der Waals surface area (Å²) in [7, 11) is 1.77. The Morgan fingerprint density at radius 3 is 2.61 bits per heavy atom. The summed E-state index contributed by atoms with van der Waals surface area (Å²) in [5.41, 5.74) is 1.39. The topological polar surface area (TPSA) is 73.2 Å². The van der Waals surface area contributed by atoms with E-state index in [2.05, 4.69) is 10.4 Å². The second kappa shape index (κ2) is 7.78. The monoisotopic (exact) mass is 335 g/mol. The van der Waals surface area contributed by atoms with Gasteiger partial charge in [0.2, 0.25) is 5.91 Å². The van der Waals surface area contributed by atoms with Gasteiger partial charge in [0.25, 0.3) is 0 Å². The maximum atomic E-state index is 12.2. The Morgan fingerprint density at radius 2 is 2.04 bits per heavy atom. The van der Waals surface area contributed by atoms with E-state index in [0.29, 0.717) is 10.6 Å². The summed E-state index contributed by atoms with van der Waals surface area (Å²) in [6.45, 7) is 1.95. The number of hydrogen-bond donors (Lipinski definition) is 1. The van der Waals surface area contributed by atoms with Crippen LogP contribution in [0.4, 0.5) is 0 Å². The number of carbonyl (C=O) groups is 2. The van der Waals surface area contributed by atoms with E-state index in [1.165, 1.54) is 0 Å². The van der Waals surface area contributed by atoms with Crippen molar-refractivity contribution in [3.63, 3.8) is 0 Å². The molecule has 0 fully saturated rings. The highest BCUT2D eigenvalue weighted by atomic mass is 35.5. The molecular formula is C16H18ClN3O3. The second-order valence-electron chi connectivity index (χ2n) is 5.00. The van der Waals surface area contributed by atoms with Gasteiger partial charge in [-0.3, -0.25) is 9.48 Å². The zero-order valence-electron chi connectivity index (χ0n) is 13.0. The van der Waals surface area contributed by atoms with Gasteiger partial charge in [0.1, 0.15) is 0 Å². The molecule has 0 radical (unpaired) electrons. The Morgan fingerprint density at radius 1 is 1.35 bits per heavy atom. The Hall–Kier alpha value is -2.34. The lowest BCUT2D eigenvalue weighted by Crippen LogP contribution is -2.35. The number of esters is 1. The summed E-state index contributed by atoms with van der Waals surface area (Å²) in [4.78, 5) is 24.3. The summed E-state index contributed by atoms with van der Waals surface area (Å²) in [6, 6.07) is 5.84. The number of nitrogens with one attached hydrogen (secondary N) is 1. The lowest BCUT2D eigenvalue weighted by molar-refractivity contribution is -0.147. The Balaban J connectivity index is 2.12. The Labute approximate surface area is 139 Å². The van der Waals surface area contributed by atoms with Crippen LogP contribution < -0.4 is 5.32 Å². The van der Waals surface area contributed by atoms with Gasteiger partial charge in [-0.2, -0.15) is 5.10 Å². The van der Waals surface area contributed by atoms with E-state index in [4.69, 9.17) is 16.3 Å². The molecule has 2 rings (SSSR count). The highest BCUT2D eigenvalue weighted by molar-refractivity contribution is 6.30. The van der Waals surface area contributed by atoms with Crippen LogP contribution >= 0.6 is 11.6 Å². The molecule has 0 unspecified atom stereocenters. The first-order chi connectivity index (χ1) is 11.0. The molecule has 1 amide bonds. The number of hydrogen-bond acceptors (Lipinski definition) is 4. The van der Waals surface area contributed by atoms with Gasteiger partial charge in [-0.05, 0) is 30.2 Å². The molecule has 0 spiro atoms. The number of carbonyl (C=O) groups excluding carboxylic acids is 2. The van der Waals surface area contributed by atoms with Crippen LogP contribution in [0.5, 0.6) is 0 Å². The third-order valence-electron chi connectivity index (χ3n) is 3.15. The molecular weight excluding hydrogens is 318 g/mol. The van der Waals surface area contributed by atoms with E-state index in [1.807, 2.05) is 0 Å². The molecule has 1 atom stereocenters. The zero-order chi connectivity index (χ0) is 16.8. The fraction of sp³-hybridized carbons (Fsp3) is 0.312. The maximum Gasteiger partial charge on any atom is 0.333 e. The summed E-state index contributed by atoms with van der Waals surface area (Å²) in [5.74, 6) is -0.791. The van der Waals surface area contributed by atoms with Crippen LogP contribution in [-0.4, -0.2) is 28.3 Å². The van der Waals surface area contributed by atoms with Gasteiger partial charge in [-0.25, -0.2) is 4.79 Å². The number of halogens is 1. The van der Waals surface area contributed by atoms with Crippen molar-refractivity contribution in [3.05, 3.63) is 52.8 Å². The number of rotatable bonds is 6.